The zero-order valence-electron chi connectivity index (χ0n) is 17.0. The molecule has 3 N–H and O–H groups in total. The first-order valence-electron chi connectivity index (χ1n) is 9.77. The maximum atomic E-state index is 12.8. The summed E-state index contributed by atoms with van der Waals surface area (Å²) in [5, 5.41) is 14.0. The van der Waals surface area contributed by atoms with E-state index in [1.807, 2.05) is 66.8 Å². The SMILES string of the molecule is CC(=O)Oc1ccc(C(=O)CC[NH2+]C(C)C(O)c2ccccc2)c2ccccc12.[Cl-]. The smallest absolute Gasteiger partial charge is 0.308 e. The van der Waals surface area contributed by atoms with Gasteiger partial charge in [0.25, 0.3) is 0 Å². The van der Waals surface area contributed by atoms with Gasteiger partial charge in [-0.15, -0.1) is 0 Å². The number of hydrogen-bond acceptors (Lipinski definition) is 4. The first-order valence-corrected chi connectivity index (χ1v) is 9.77. The summed E-state index contributed by atoms with van der Waals surface area (Å²) in [7, 11) is 0. The molecule has 0 amide bonds. The van der Waals surface area contributed by atoms with Gasteiger partial charge < -0.3 is 27.6 Å². The molecular formula is C24H26ClNO4. The number of aliphatic hydroxyl groups is 1. The van der Waals surface area contributed by atoms with Crippen molar-refractivity contribution in [2.75, 3.05) is 6.54 Å². The lowest BCUT2D eigenvalue weighted by Crippen LogP contribution is -3.00. The predicted octanol–water partition coefficient (Wildman–Crippen LogP) is 0.0274. The summed E-state index contributed by atoms with van der Waals surface area (Å²) in [4.78, 5) is 24.1. The minimum absolute atomic E-state index is 0. The lowest BCUT2D eigenvalue weighted by molar-refractivity contribution is -0.693. The number of fused-ring (bicyclic) bond motifs is 1. The van der Waals surface area contributed by atoms with Gasteiger partial charge >= 0.3 is 5.97 Å². The zero-order valence-corrected chi connectivity index (χ0v) is 17.8. The van der Waals surface area contributed by atoms with Crippen LogP contribution in [-0.2, 0) is 4.79 Å². The summed E-state index contributed by atoms with van der Waals surface area (Å²) in [5.74, 6) is 0.0823. The van der Waals surface area contributed by atoms with Crippen molar-refractivity contribution in [2.45, 2.75) is 32.4 Å². The maximum Gasteiger partial charge on any atom is 0.308 e. The van der Waals surface area contributed by atoms with Crippen LogP contribution in [0.5, 0.6) is 5.75 Å². The predicted molar refractivity (Wildman–Crippen MR) is 112 cm³/mol. The molecule has 0 heterocycles. The van der Waals surface area contributed by atoms with Gasteiger partial charge in [0.1, 0.15) is 17.9 Å². The number of aliphatic hydroxyl groups excluding tert-OH is 1. The first-order chi connectivity index (χ1) is 14.0. The van der Waals surface area contributed by atoms with Crippen molar-refractivity contribution in [1.82, 2.24) is 0 Å². The van der Waals surface area contributed by atoms with Crippen LogP contribution in [0.25, 0.3) is 10.8 Å². The van der Waals surface area contributed by atoms with E-state index in [1.54, 1.807) is 12.1 Å². The number of carbonyl (C=O) groups is 2. The third-order valence-corrected chi connectivity index (χ3v) is 4.99. The van der Waals surface area contributed by atoms with Gasteiger partial charge in [0.15, 0.2) is 5.78 Å². The Labute approximate surface area is 182 Å². The Morgan fingerprint density at radius 2 is 1.60 bits per heavy atom. The second-order valence-corrected chi connectivity index (χ2v) is 7.16. The largest absolute Gasteiger partial charge is 1.00 e. The molecule has 3 aromatic rings. The molecule has 158 valence electrons. The number of esters is 1. The van der Waals surface area contributed by atoms with E-state index in [0.717, 1.165) is 16.3 Å². The molecule has 5 nitrogen and oxygen atoms in total. The van der Waals surface area contributed by atoms with Crippen molar-refractivity contribution >= 4 is 22.5 Å². The molecule has 2 unspecified atom stereocenters. The van der Waals surface area contributed by atoms with Crippen LogP contribution < -0.4 is 22.5 Å². The quantitative estimate of drug-likeness (QED) is 0.302. The van der Waals surface area contributed by atoms with Gasteiger partial charge in [-0.05, 0) is 30.0 Å². The van der Waals surface area contributed by atoms with E-state index >= 15 is 0 Å². The molecule has 6 heteroatoms. The normalized spacial score (nSPS) is 12.6. The molecular weight excluding hydrogens is 402 g/mol. The van der Waals surface area contributed by atoms with E-state index in [4.69, 9.17) is 4.74 Å². The van der Waals surface area contributed by atoms with Crippen molar-refractivity contribution in [2.24, 2.45) is 0 Å². The van der Waals surface area contributed by atoms with Crippen molar-refractivity contribution < 1.29 is 37.2 Å². The number of benzene rings is 3. The molecule has 0 aliphatic rings. The Morgan fingerprint density at radius 3 is 2.27 bits per heavy atom. The second kappa shape index (κ2) is 10.9. The summed E-state index contributed by atoms with van der Waals surface area (Å²) in [6.07, 6.45) is -0.238. The van der Waals surface area contributed by atoms with Crippen molar-refractivity contribution in [3.63, 3.8) is 0 Å². The fraction of sp³-hybridized carbons (Fsp3) is 0.250. The number of quaternary nitrogens is 1. The van der Waals surface area contributed by atoms with Crippen LogP contribution in [0.3, 0.4) is 0 Å². The number of hydrogen-bond donors (Lipinski definition) is 2. The topological polar surface area (TPSA) is 80.2 Å². The fourth-order valence-electron chi connectivity index (χ4n) is 3.45. The molecule has 0 saturated carbocycles. The van der Waals surface area contributed by atoms with E-state index in [0.29, 0.717) is 24.3 Å². The summed E-state index contributed by atoms with van der Waals surface area (Å²) in [5.41, 5.74) is 1.48. The molecule has 0 spiro atoms. The fourth-order valence-corrected chi connectivity index (χ4v) is 3.45. The molecule has 3 rings (SSSR count). The standard InChI is InChI=1S/C24H25NO4.ClH/c1-16(24(28)18-8-4-3-5-9-18)25-15-14-22(27)20-12-13-23(29-17(2)26)21-11-7-6-10-19(20)21;/h3-13,16,24-25,28H,14-15H2,1-2H3;1H. The number of Topliss-reactive ketones (excluding diaryl/α,β-unsaturated/α-hetero) is 1. The minimum atomic E-state index is -0.588. The maximum absolute atomic E-state index is 12.8. The highest BCUT2D eigenvalue weighted by Crippen LogP contribution is 2.29. The molecule has 2 atom stereocenters. The molecule has 0 aliphatic heterocycles. The lowest BCUT2D eigenvalue weighted by atomic mass is 9.98. The highest BCUT2D eigenvalue weighted by atomic mass is 35.5. The van der Waals surface area contributed by atoms with E-state index < -0.39 is 12.1 Å². The van der Waals surface area contributed by atoms with Gasteiger partial charge in [0.05, 0.1) is 13.0 Å². The van der Waals surface area contributed by atoms with E-state index in [2.05, 4.69) is 0 Å². The molecule has 0 fully saturated rings. The lowest BCUT2D eigenvalue weighted by Gasteiger charge is -2.17. The van der Waals surface area contributed by atoms with Crippen LogP contribution in [0.1, 0.15) is 42.3 Å². The zero-order chi connectivity index (χ0) is 20.8. The van der Waals surface area contributed by atoms with E-state index in [-0.39, 0.29) is 24.2 Å². The van der Waals surface area contributed by atoms with Gasteiger partial charge in [0.2, 0.25) is 0 Å². The van der Waals surface area contributed by atoms with Crippen LogP contribution in [0.4, 0.5) is 0 Å². The van der Waals surface area contributed by atoms with Crippen molar-refractivity contribution in [3.8, 4) is 5.75 Å². The number of halogens is 1. The summed E-state index contributed by atoms with van der Waals surface area (Å²) in [6, 6.07) is 20.3. The average molecular weight is 428 g/mol. The summed E-state index contributed by atoms with van der Waals surface area (Å²) < 4.78 is 5.26. The van der Waals surface area contributed by atoms with Gasteiger partial charge in [-0.25, -0.2) is 0 Å². The summed E-state index contributed by atoms with van der Waals surface area (Å²) >= 11 is 0. The van der Waals surface area contributed by atoms with Gasteiger partial charge in [0, 0.05) is 17.9 Å². The molecule has 30 heavy (non-hydrogen) atoms. The van der Waals surface area contributed by atoms with Crippen molar-refractivity contribution in [3.05, 3.63) is 77.9 Å². The van der Waals surface area contributed by atoms with E-state index in [1.165, 1.54) is 6.92 Å². The highest BCUT2D eigenvalue weighted by molar-refractivity contribution is 6.09. The molecule has 0 aromatic heterocycles. The van der Waals surface area contributed by atoms with Gasteiger partial charge in [-0.1, -0.05) is 54.6 Å². The molecule has 0 bridgehead atoms. The second-order valence-electron chi connectivity index (χ2n) is 7.16. The number of rotatable bonds is 8. The monoisotopic (exact) mass is 427 g/mol. The highest BCUT2D eigenvalue weighted by Gasteiger charge is 2.20. The number of carbonyl (C=O) groups excluding carboxylic acids is 2. The summed E-state index contributed by atoms with van der Waals surface area (Å²) in [6.45, 7) is 3.88. The average Bonchev–Trinajstić information content (AvgIpc) is 2.73. The Hall–Kier alpha value is -2.73. The molecule has 0 aliphatic carbocycles. The Balaban J connectivity index is 0.00000320. The molecule has 3 aromatic carbocycles. The molecule has 0 radical (unpaired) electrons. The van der Waals surface area contributed by atoms with Crippen LogP contribution in [0.2, 0.25) is 0 Å². The first kappa shape index (κ1) is 23.5. The number of nitrogens with two attached hydrogens (primary N) is 1. The Morgan fingerprint density at radius 1 is 0.967 bits per heavy atom. The van der Waals surface area contributed by atoms with E-state index in [9.17, 15) is 14.7 Å². The number of ketones is 1. The van der Waals surface area contributed by atoms with Crippen LogP contribution in [-0.4, -0.2) is 29.4 Å². The number of ether oxygens (including phenoxy) is 1. The van der Waals surface area contributed by atoms with Crippen molar-refractivity contribution in [1.29, 1.82) is 0 Å². The van der Waals surface area contributed by atoms with Crippen LogP contribution >= 0.6 is 0 Å². The van der Waals surface area contributed by atoms with Crippen LogP contribution in [0, 0.1) is 0 Å². The third-order valence-electron chi connectivity index (χ3n) is 4.99. The Kier molecular flexibility index (Phi) is 8.54. The van der Waals surface area contributed by atoms with Gasteiger partial charge in [-0.3, -0.25) is 9.59 Å². The minimum Gasteiger partial charge on any atom is -1.00 e. The van der Waals surface area contributed by atoms with Gasteiger partial charge in [-0.2, -0.15) is 0 Å². The van der Waals surface area contributed by atoms with Crippen LogP contribution in [0.15, 0.2) is 66.7 Å². The Bertz CT molecular complexity index is 1010. The third kappa shape index (κ3) is 5.66. The molecule has 0 saturated heterocycles.